The Bertz CT molecular complexity index is 567. The van der Waals surface area contributed by atoms with Crippen LogP contribution in [0.5, 0.6) is 0 Å². The molecule has 1 aromatic rings. The topological polar surface area (TPSA) is 49.4 Å². The van der Waals surface area contributed by atoms with Crippen LogP contribution >= 0.6 is 0 Å². The smallest absolute Gasteiger partial charge is 0.256 e. The Morgan fingerprint density at radius 1 is 1.24 bits per heavy atom. The molecule has 0 saturated carbocycles. The first-order valence-corrected chi connectivity index (χ1v) is 6.71. The second-order valence-corrected chi connectivity index (χ2v) is 6.13. The van der Waals surface area contributed by atoms with Gasteiger partial charge >= 0.3 is 0 Å². The van der Waals surface area contributed by atoms with Crippen molar-refractivity contribution in [2.45, 2.75) is 33.2 Å². The minimum Gasteiger partial charge on any atom is -0.340 e. The van der Waals surface area contributed by atoms with Crippen LogP contribution in [0.25, 0.3) is 0 Å². The first-order valence-electron chi connectivity index (χ1n) is 6.71. The van der Waals surface area contributed by atoms with Crippen LogP contribution in [0.4, 0.5) is 14.5 Å². The van der Waals surface area contributed by atoms with Crippen molar-refractivity contribution in [1.29, 1.82) is 0 Å². The minimum atomic E-state index is -2.67. The van der Waals surface area contributed by atoms with Crippen LogP contribution in [0, 0.1) is 5.41 Å². The van der Waals surface area contributed by atoms with Gasteiger partial charge in [0.05, 0.1) is 17.8 Å². The number of para-hydroxylation sites is 1. The molecule has 0 spiro atoms. The van der Waals surface area contributed by atoms with Gasteiger partial charge in [0.15, 0.2) is 0 Å². The molecule has 0 saturated heterocycles. The number of nitrogens with one attached hydrogen (secondary N) is 1. The van der Waals surface area contributed by atoms with Gasteiger partial charge in [-0.05, 0) is 17.5 Å². The van der Waals surface area contributed by atoms with Crippen LogP contribution in [-0.4, -0.2) is 30.8 Å². The first kappa shape index (κ1) is 15.4. The van der Waals surface area contributed by atoms with Gasteiger partial charge in [-0.2, -0.15) is 0 Å². The largest absolute Gasteiger partial charge is 0.340 e. The number of carbonyl (C=O) groups is 2. The molecule has 2 amide bonds. The molecule has 0 aromatic heterocycles. The summed E-state index contributed by atoms with van der Waals surface area (Å²) in [6.07, 6.45) is -2.67. The maximum Gasteiger partial charge on any atom is 0.256 e. The highest BCUT2D eigenvalue weighted by molar-refractivity contribution is 6.11. The molecule has 1 aliphatic heterocycles. The number of benzene rings is 1. The molecule has 1 heterocycles. The van der Waals surface area contributed by atoms with Gasteiger partial charge in [-0.15, -0.1) is 0 Å². The van der Waals surface area contributed by atoms with Crippen molar-refractivity contribution in [2.24, 2.45) is 5.41 Å². The van der Waals surface area contributed by atoms with E-state index >= 15 is 0 Å². The van der Waals surface area contributed by atoms with E-state index in [0.29, 0.717) is 0 Å². The van der Waals surface area contributed by atoms with Crippen molar-refractivity contribution < 1.29 is 18.4 Å². The lowest BCUT2D eigenvalue weighted by Gasteiger charge is -2.32. The summed E-state index contributed by atoms with van der Waals surface area (Å²) in [5.74, 6) is -0.934. The molecule has 0 fully saturated rings. The monoisotopic (exact) mass is 296 g/mol. The zero-order valence-electron chi connectivity index (χ0n) is 12.2. The molecule has 0 radical (unpaired) electrons. The number of nitrogens with zero attached hydrogens (tertiary/aromatic N) is 1. The van der Waals surface area contributed by atoms with Crippen molar-refractivity contribution in [2.75, 3.05) is 11.4 Å². The Balaban J connectivity index is 2.54. The molecule has 4 nitrogen and oxygen atoms in total. The molecule has 6 heteroatoms. The van der Waals surface area contributed by atoms with E-state index in [4.69, 9.17) is 0 Å². The Hall–Kier alpha value is -1.98. The van der Waals surface area contributed by atoms with E-state index in [9.17, 15) is 18.4 Å². The van der Waals surface area contributed by atoms with Gasteiger partial charge in [-0.1, -0.05) is 32.9 Å². The van der Waals surface area contributed by atoms with E-state index in [1.165, 1.54) is 12.1 Å². The van der Waals surface area contributed by atoms with Crippen LogP contribution in [0.3, 0.4) is 0 Å². The SMILES string of the molecule is CC(C)(C)C1NC(=O)c2ccccc2N(CC(F)F)C1=O. The molecular formula is C15H18F2N2O2. The molecule has 0 bridgehead atoms. The van der Waals surface area contributed by atoms with Crippen molar-refractivity contribution >= 4 is 17.5 Å². The van der Waals surface area contributed by atoms with Gasteiger partial charge in [-0.3, -0.25) is 9.59 Å². The molecule has 114 valence electrons. The Morgan fingerprint density at radius 2 is 1.86 bits per heavy atom. The molecule has 0 aliphatic carbocycles. The van der Waals surface area contributed by atoms with Crippen LogP contribution < -0.4 is 10.2 Å². The maximum absolute atomic E-state index is 12.8. The molecule has 1 aliphatic rings. The summed E-state index contributed by atoms with van der Waals surface area (Å²) in [6, 6.07) is 5.45. The number of hydrogen-bond donors (Lipinski definition) is 1. The summed E-state index contributed by atoms with van der Waals surface area (Å²) >= 11 is 0. The fraction of sp³-hybridized carbons (Fsp3) is 0.467. The van der Waals surface area contributed by atoms with Crippen molar-refractivity contribution in [3.8, 4) is 0 Å². The van der Waals surface area contributed by atoms with Gasteiger partial charge in [0.2, 0.25) is 5.91 Å². The predicted molar refractivity (Wildman–Crippen MR) is 75.5 cm³/mol. The van der Waals surface area contributed by atoms with E-state index in [-0.39, 0.29) is 11.3 Å². The molecule has 2 rings (SSSR count). The Morgan fingerprint density at radius 3 is 2.43 bits per heavy atom. The van der Waals surface area contributed by atoms with E-state index in [1.54, 1.807) is 32.9 Å². The number of anilines is 1. The van der Waals surface area contributed by atoms with Crippen LogP contribution in [0.15, 0.2) is 24.3 Å². The number of halogens is 2. The third-order valence-electron chi connectivity index (χ3n) is 3.41. The van der Waals surface area contributed by atoms with Crippen molar-refractivity contribution in [3.63, 3.8) is 0 Å². The average molecular weight is 296 g/mol. The van der Waals surface area contributed by atoms with Gasteiger partial charge in [0.25, 0.3) is 12.3 Å². The van der Waals surface area contributed by atoms with Crippen LogP contribution in [-0.2, 0) is 4.79 Å². The number of carbonyl (C=O) groups excluding carboxylic acids is 2. The molecule has 1 atom stereocenters. The molecular weight excluding hydrogens is 278 g/mol. The molecule has 1 unspecified atom stereocenters. The lowest BCUT2D eigenvalue weighted by molar-refractivity contribution is -0.123. The van der Waals surface area contributed by atoms with E-state index in [0.717, 1.165) is 4.90 Å². The lowest BCUT2D eigenvalue weighted by Crippen LogP contribution is -2.53. The highest BCUT2D eigenvalue weighted by atomic mass is 19.3. The van der Waals surface area contributed by atoms with Gasteiger partial charge in [-0.25, -0.2) is 8.78 Å². The average Bonchev–Trinajstić information content (AvgIpc) is 2.48. The summed E-state index contributed by atoms with van der Waals surface area (Å²) in [7, 11) is 0. The summed E-state index contributed by atoms with van der Waals surface area (Å²) < 4.78 is 25.7. The van der Waals surface area contributed by atoms with E-state index < -0.39 is 36.2 Å². The maximum atomic E-state index is 12.8. The number of fused-ring (bicyclic) bond motifs is 1. The fourth-order valence-corrected chi connectivity index (χ4v) is 2.36. The third kappa shape index (κ3) is 3.04. The Labute approximate surface area is 122 Å². The molecule has 1 aromatic carbocycles. The van der Waals surface area contributed by atoms with Crippen LogP contribution in [0.2, 0.25) is 0 Å². The Kier molecular flexibility index (Phi) is 3.98. The zero-order chi connectivity index (χ0) is 15.8. The summed E-state index contributed by atoms with van der Waals surface area (Å²) in [4.78, 5) is 25.9. The third-order valence-corrected chi connectivity index (χ3v) is 3.41. The first-order chi connectivity index (χ1) is 9.71. The molecule has 1 N–H and O–H groups in total. The second kappa shape index (κ2) is 5.42. The molecule has 21 heavy (non-hydrogen) atoms. The summed E-state index contributed by atoms with van der Waals surface area (Å²) in [5.41, 5.74) is -0.111. The highest BCUT2D eigenvalue weighted by Gasteiger charge is 2.40. The van der Waals surface area contributed by atoms with Gasteiger partial charge < -0.3 is 10.2 Å². The standard InChI is InChI=1S/C15H18F2N2O2/c1-15(2,3)12-14(21)19(8-11(16)17)10-7-5-4-6-9(10)13(20)18-12/h4-7,11-12H,8H2,1-3H3,(H,18,20). The summed E-state index contributed by atoms with van der Waals surface area (Å²) in [6.45, 7) is 4.63. The zero-order valence-corrected chi connectivity index (χ0v) is 12.2. The minimum absolute atomic E-state index is 0.229. The van der Waals surface area contributed by atoms with Crippen molar-refractivity contribution in [1.82, 2.24) is 5.32 Å². The summed E-state index contributed by atoms with van der Waals surface area (Å²) in [5, 5.41) is 2.65. The number of rotatable bonds is 2. The second-order valence-electron chi connectivity index (χ2n) is 6.13. The van der Waals surface area contributed by atoms with E-state index in [1.807, 2.05) is 0 Å². The highest BCUT2D eigenvalue weighted by Crippen LogP contribution is 2.30. The fourth-order valence-electron chi connectivity index (χ4n) is 2.36. The predicted octanol–water partition coefficient (Wildman–Crippen LogP) is 2.44. The van der Waals surface area contributed by atoms with Gasteiger partial charge in [0.1, 0.15) is 6.04 Å². The lowest BCUT2D eigenvalue weighted by atomic mass is 9.86. The van der Waals surface area contributed by atoms with Crippen LogP contribution in [0.1, 0.15) is 31.1 Å². The normalized spacial score (nSPS) is 19.3. The number of hydrogen-bond acceptors (Lipinski definition) is 2. The number of amides is 2. The quantitative estimate of drug-likeness (QED) is 0.911. The van der Waals surface area contributed by atoms with E-state index in [2.05, 4.69) is 5.32 Å². The number of alkyl halides is 2. The van der Waals surface area contributed by atoms with Gasteiger partial charge in [0, 0.05) is 0 Å². The van der Waals surface area contributed by atoms with Crippen molar-refractivity contribution in [3.05, 3.63) is 29.8 Å².